The fourth-order valence-electron chi connectivity index (χ4n) is 1.75. The van der Waals surface area contributed by atoms with Gasteiger partial charge < -0.3 is 0 Å². The molecule has 1 N–H and O–H groups in total. The van der Waals surface area contributed by atoms with Gasteiger partial charge in [0.15, 0.2) is 0 Å². The van der Waals surface area contributed by atoms with E-state index in [0.29, 0.717) is 0 Å². The minimum Gasteiger partial charge on any atom is -0.286 e. The molecule has 2 unspecified atom stereocenters. The lowest BCUT2D eigenvalue weighted by molar-refractivity contribution is -0.188. The normalized spacial score (nSPS) is 15.9. The summed E-state index contributed by atoms with van der Waals surface area (Å²) in [5.41, 5.74) is 0. The molecule has 0 aliphatic rings. The molecule has 0 fully saturated rings. The molecule has 9 heteroatoms. The second-order valence-electron chi connectivity index (χ2n) is 4.15. The van der Waals surface area contributed by atoms with Crippen LogP contribution in [-0.2, 0) is 0 Å². The van der Waals surface area contributed by atoms with Crippen molar-refractivity contribution >= 4 is 22.7 Å². The first-order valence-electron chi connectivity index (χ1n) is 5.66. The fraction of sp³-hybridized carbons (Fsp3) is 0.333. The molecule has 0 aliphatic carbocycles. The summed E-state index contributed by atoms with van der Waals surface area (Å²) in [4.78, 5) is -0.401. The van der Waals surface area contributed by atoms with Crippen molar-refractivity contribution in [3.63, 3.8) is 0 Å². The SMILES string of the molecule is FC(F)(F)C(NC(c1cccs1)C(F)(F)F)c1cccs1. The molecule has 2 aromatic rings. The maximum Gasteiger partial charge on any atom is 0.408 e. The predicted octanol–water partition coefficient (Wildman–Crippen LogP) is 5.31. The van der Waals surface area contributed by atoms with E-state index in [0.717, 1.165) is 34.8 Å². The summed E-state index contributed by atoms with van der Waals surface area (Å²) >= 11 is 1.52. The summed E-state index contributed by atoms with van der Waals surface area (Å²) in [6.07, 6.45) is -9.63. The number of rotatable bonds is 4. The van der Waals surface area contributed by atoms with Crippen molar-refractivity contribution in [2.75, 3.05) is 0 Å². The lowest BCUT2D eigenvalue weighted by Gasteiger charge is -2.27. The average molecular weight is 345 g/mol. The molecule has 2 atom stereocenters. The third kappa shape index (κ3) is 3.98. The van der Waals surface area contributed by atoms with E-state index >= 15 is 0 Å². The smallest absolute Gasteiger partial charge is 0.286 e. The minimum absolute atomic E-state index is 0.201. The van der Waals surface area contributed by atoms with Crippen LogP contribution in [0.15, 0.2) is 35.0 Å². The Morgan fingerprint density at radius 2 is 1.14 bits per heavy atom. The maximum absolute atomic E-state index is 13.1. The number of hydrogen-bond acceptors (Lipinski definition) is 3. The van der Waals surface area contributed by atoms with Crippen LogP contribution in [0.5, 0.6) is 0 Å². The van der Waals surface area contributed by atoms with Crippen LogP contribution in [-0.4, -0.2) is 12.4 Å². The fourth-order valence-corrected chi connectivity index (χ4v) is 3.37. The van der Waals surface area contributed by atoms with Gasteiger partial charge in [-0.2, -0.15) is 26.3 Å². The van der Waals surface area contributed by atoms with Crippen molar-refractivity contribution in [2.24, 2.45) is 0 Å². The van der Waals surface area contributed by atoms with E-state index in [1.54, 1.807) is 5.32 Å². The van der Waals surface area contributed by atoms with Gasteiger partial charge in [-0.05, 0) is 22.9 Å². The van der Waals surface area contributed by atoms with Crippen molar-refractivity contribution < 1.29 is 26.3 Å². The van der Waals surface area contributed by atoms with E-state index in [1.807, 2.05) is 0 Å². The Labute approximate surface area is 124 Å². The van der Waals surface area contributed by atoms with Crippen molar-refractivity contribution in [3.05, 3.63) is 44.8 Å². The molecule has 2 heterocycles. The molecule has 0 amide bonds. The van der Waals surface area contributed by atoms with Crippen LogP contribution in [0.3, 0.4) is 0 Å². The third-order valence-electron chi connectivity index (χ3n) is 2.64. The van der Waals surface area contributed by atoms with Crippen molar-refractivity contribution in [2.45, 2.75) is 24.4 Å². The lowest BCUT2D eigenvalue weighted by Crippen LogP contribution is -2.41. The van der Waals surface area contributed by atoms with Crippen LogP contribution in [0, 0.1) is 0 Å². The monoisotopic (exact) mass is 345 g/mol. The van der Waals surface area contributed by atoms with Crippen LogP contribution >= 0.6 is 22.7 Å². The van der Waals surface area contributed by atoms with Crippen LogP contribution in [0.4, 0.5) is 26.3 Å². The molecular formula is C12H9F6NS2. The summed E-state index contributed by atoms with van der Waals surface area (Å²) < 4.78 is 78.3. The Morgan fingerprint density at radius 3 is 1.38 bits per heavy atom. The number of nitrogens with one attached hydrogen (secondary N) is 1. The van der Waals surface area contributed by atoms with Gasteiger partial charge in [0, 0.05) is 9.75 Å². The Kier molecular flexibility index (Phi) is 4.64. The second kappa shape index (κ2) is 5.98. The molecule has 0 spiro atoms. The lowest BCUT2D eigenvalue weighted by atomic mass is 10.1. The largest absolute Gasteiger partial charge is 0.408 e. The number of halogens is 6. The van der Waals surface area contributed by atoms with Crippen LogP contribution < -0.4 is 5.32 Å². The minimum atomic E-state index is -4.81. The first-order chi connectivity index (χ1) is 9.69. The quantitative estimate of drug-likeness (QED) is 0.741. The van der Waals surface area contributed by atoms with Crippen LogP contribution in [0.2, 0.25) is 0 Å². The first kappa shape index (κ1) is 16.3. The Morgan fingerprint density at radius 1 is 0.762 bits per heavy atom. The van der Waals surface area contributed by atoms with E-state index in [4.69, 9.17) is 0 Å². The molecule has 0 aromatic carbocycles. The number of alkyl halides is 6. The first-order valence-corrected chi connectivity index (χ1v) is 7.42. The molecule has 2 rings (SSSR count). The van der Waals surface area contributed by atoms with Gasteiger partial charge in [-0.3, -0.25) is 5.32 Å². The van der Waals surface area contributed by atoms with E-state index in [9.17, 15) is 26.3 Å². The molecule has 116 valence electrons. The molecule has 2 aromatic heterocycles. The highest BCUT2D eigenvalue weighted by Gasteiger charge is 2.49. The topological polar surface area (TPSA) is 12.0 Å². The Hall–Kier alpha value is -1.06. The third-order valence-corrected chi connectivity index (χ3v) is 4.52. The molecule has 21 heavy (non-hydrogen) atoms. The number of hydrogen-bond donors (Lipinski definition) is 1. The van der Waals surface area contributed by atoms with Gasteiger partial charge in [-0.1, -0.05) is 12.1 Å². The van der Waals surface area contributed by atoms with Gasteiger partial charge in [0.1, 0.15) is 12.1 Å². The zero-order chi connectivity index (χ0) is 15.7. The van der Waals surface area contributed by atoms with E-state index in [2.05, 4.69) is 0 Å². The predicted molar refractivity (Wildman–Crippen MR) is 69.4 cm³/mol. The highest BCUT2D eigenvalue weighted by atomic mass is 32.1. The summed E-state index contributed by atoms with van der Waals surface area (Å²) in [6, 6.07) is 0.356. The number of thiophene rings is 2. The summed E-state index contributed by atoms with van der Waals surface area (Å²) in [5.74, 6) is 0. The molecule has 1 nitrogen and oxygen atoms in total. The summed E-state index contributed by atoms with van der Waals surface area (Å²) in [5, 5.41) is 4.49. The Bertz CT molecular complexity index is 493. The maximum atomic E-state index is 13.1. The zero-order valence-corrected chi connectivity index (χ0v) is 11.8. The second-order valence-corrected chi connectivity index (χ2v) is 6.11. The van der Waals surface area contributed by atoms with E-state index < -0.39 is 24.4 Å². The Balaban J connectivity index is 2.33. The van der Waals surface area contributed by atoms with Gasteiger partial charge in [0.2, 0.25) is 0 Å². The van der Waals surface area contributed by atoms with Crippen LogP contribution in [0.25, 0.3) is 0 Å². The highest BCUT2D eigenvalue weighted by Crippen LogP contribution is 2.41. The van der Waals surface area contributed by atoms with E-state index in [1.165, 1.54) is 22.9 Å². The molecule has 0 saturated heterocycles. The summed E-state index contributed by atoms with van der Waals surface area (Å²) in [6.45, 7) is 0. The van der Waals surface area contributed by atoms with Gasteiger partial charge in [-0.25, -0.2) is 0 Å². The summed E-state index contributed by atoms with van der Waals surface area (Å²) in [7, 11) is 0. The van der Waals surface area contributed by atoms with Gasteiger partial charge >= 0.3 is 12.4 Å². The molecule has 0 bridgehead atoms. The standard InChI is InChI=1S/C12H9F6NS2/c13-11(14,15)9(7-3-1-5-20-7)19-10(12(16,17)18)8-4-2-6-21-8/h1-6,9-10,19H. The van der Waals surface area contributed by atoms with Gasteiger partial charge in [-0.15, -0.1) is 22.7 Å². The average Bonchev–Trinajstić information content (AvgIpc) is 2.96. The molecule has 0 radical (unpaired) electrons. The van der Waals surface area contributed by atoms with E-state index in [-0.39, 0.29) is 9.75 Å². The van der Waals surface area contributed by atoms with Gasteiger partial charge in [0.25, 0.3) is 0 Å². The molecule has 0 saturated carbocycles. The van der Waals surface area contributed by atoms with Crippen molar-refractivity contribution in [1.29, 1.82) is 0 Å². The van der Waals surface area contributed by atoms with Crippen LogP contribution in [0.1, 0.15) is 21.8 Å². The zero-order valence-electron chi connectivity index (χ0n) is 10.2. The van der Waals surface area contributed by atoms with Gasteiger partial charge in [0.05, 0.1) is 0 Å². The van der Waals surface area contributed by atoms with Crippen molar-refractivity contribution in [1.82, 2.24) is 5.32 Å². The highest BCUT2D eigenvalue weighted by molar-refractivity contribution is 7.10. The molecular weight excluding hydrogens is 336 g/mol. The van der Waals surface area contributed by atoms with Crippen molar-refractivity contribution in [3.8, 4) is 0 Å². The molecule has 0 aliphatic heterocycles.